The molecule has 1 unspecified atom stereocenters. The summed E-state index contributed by atoms with van der Waals surface area (Å²) in [6.07, 6.45) is 0.881. The minimum atomic E-state index is -0.130. The Morgan fingerprint density at radius 2 is 1.95 bits per heavy atom. The highest BCUT2D eigenvalue weighted by Gasteiger charge is 2.12. The monoisotopic (exact) mass is 412 g/mol. The summed E-state index contributed by atoms with van der Waals surface area (Å²) in [5.41, 5.74) is 5.64. The fraction of sp³-hybridized carbons (Fsp3) is 0.500. The first-order valence-corrected chi connectivity index (χ1v) is 7.47. The number of carbonyl (C=O) groups is 1. The Labute approximate surface area is 140 Å². The maximum atomic E-state index is 11.7. The average Bonchev–Trinajstić information content (AvgIpc) is 2.36. The molecule has 0 spiro atoms. The molecule has 1 amide bonds. The molecule has 4 nitrogen and oxygen atoms in total. The summed E-state index contributed by atoms with van der Waals surface area (Å²) in [4.78, 5) is 11.7. The van der Waals surface area contributed by atoms with Crippen molar-refractivity contribution in [3.8, 4) is 5.75 Å². The van der Waals surface area contributed by atoms with Gasteiger partial charge >= 0.3 is 0 Å². The van der Waals surface area contributed by atoms with E-state index < -0.39 is 0 Å². The van der Waals surface area contributed by atoms with Gasteiger partial charge in [0.2, 0.25) is 0 Å². The number of amides is 1. The van der Waals surface area contributed by atoms with Gasteiger partial charge in [-0.1, -0.05) is 13.8 Å². The maximum absolute atomic E-state index is 11.7. The van der Waals surface area contributed by atoms with Crippen molar-refractivity contribution in [1.82, 2.24) is 5.32 Å². The van der Waals surface area contributed by atoms with Gasteiger partial charge in [-0.05, 0) is 59.2 Å². The second kappa shape index (κ2) is 10.2. The maximum Gasteiger partial charge on any atom is 0.258 e. The molecule has 0 bridgehead atoms. The fourth-order valence-electron chi connectivity index (χ4n) is 1.73. The smallest absolute Gasteiger partial charge is 0.258 e. The molecule has 20 heavy (non-hydrogen) atoms. The second-order valence-electron chi connectivity index (χ2n) is 4.87. The number of ether oxygens (including phenoxy) is 1. The van der Waals surface area contributed by atoms with Crippen molar-refractivity contribution < 1.29 is 9.53 Å². The highest BCUT2D eigenvalue weighted by molar-refractivity contribution is 14.1. The highest BCUT2D eigenvalue weighted by atomic mass is 127. The van der Waals surface area contributed by atoms with Crippen molar-refractivity contribution in [2.75, 3.05) is 13.2 Å². The first-order valence-electron chi connectivity index (χ1n) is 6.39. The highest BCUT2D eigenvalue weighted by Crippen LogP contribution is 2.13. The van der Waals surface area contributed by atoms with Crippen molar-refractivity contribution in [2.24, 2.45) is 11.7 Å². The molecule has 0 saturated heterocycles. The van der Waals surface area contributed by atoms with Crippen LogP contribution in [-0.2, 0) is 4.79 Å². The van der Waals surface area contributed by atoms with Gasteiger partial charge in [-0.3, -0.25) is 4.79 Å². The first kappa shape index (κ1) is 19.5. The SMILES string of the molecule is CC(C)CC(CN)NC(=O)COc1ccc(I)cc1.Cl. The Hall–Kier alpha value is -0.530. The van der Waals surface area contributed by atoms with Crippen molar-refractivity contribution in [3.05, 3.63) is 27.8 Å². The number of rotatable bonds is 7. The Morgan fingerprint density at radius 3 is 2.45 bits per heavy atom. The Balaban J connectivity index is 0.00000361. The zero-order valence-corrected chi connectivity index (χ0v) is 14.7. The van der Waals surface area contributed by atoms with E-state index in [1.807, 2.05) is 24.3 Å². The summed E-state index contributed by atoms with van der Waals surface area (Å²) in [7, 11) is 0. The summed E-state index contributed by atoms with van der Waals surface area (Å²) in [5.74, 6) is 1.07. The molecular formula is C14H22ClIN2O2. The number of nitrogens with one attached hydrogen (secondary N) is 1. The summed E-state index contributed by atoms with van der Waals surface area (Å²) in [5, 5.41) is 2.89. The number of benzene rings is 1. The van der Waals surface area contributed by atoms with Crippen molar-refractivity contribution in [1.29, 1.82) is 0 Å². The second-order valence-corrected chi connectivity index (χ2v) is 6.12. The number of hydrogen-bond donors (Lipinski definition) is 2. The van der Waals surface area contributed by atoms with Gasteiger partial charge in [0.05, 0.1) is 0 Å². The van der Waals surface area contributed by atoms with Gasteiger partial charge in [0.25, 0.3) is 5.91 Å². The van der Waals surface area contributed by atoms with Gasteiger partial charge in [0.1, 0.15) is 5.75 Å². The summed E-state index contributed by atoms with van der Waals surface area (Å²) in [6.45, 7) is 4.69. The molecular weight excluding hydrogens is 391 g/mol. The minimum absolute atomic E-state index is 0. The number of carbonyl (C=O) groups excluding carboxylic acids is 1. The standard InChI is InChI=1S/C14H21IN2O2.ClH/c1-10(2)7-12(8-16)17-14(18)9-19-13-5-3-11(15)4-6-13;/h3-6,10,12H,7-9,16H2,1-2H3,(H,17,18);1H. The number of halogens is 2. The number of nitrogens with two attached hydrogens (primary N) is 1. The molecule has 114 valence electrons. The van der Waals surface area contributed by atoms with E-state index in [-0.39, 0.29) is 31.0 Å². The fourth-order valence-corrected chi connectivity index (χ4v) is 2.09. The Morgan fingerprint density at radius 1 is 1.35 bits per heavy atom. The molecule has 0 aliphatic rings. The molecule has 1 atom stereocenters. The lowest BCUT2D eigenvalue weighted by molar-refractivity contribution is -0.123. The Bertz CT molecular complexity index is 399. The molecule has 0 saturated carbocycles. The molecule has 0 aliphatic carbocycles. The van der Waals surface area contributed by atoms with E-state index in [1.165, 1.54) is 0 Å². The lowest BCUT2D eigenvalue weighted by Gasteiger charge is -2.18. The third kappa shape index (κ3) is 7.91. The molecule has 1 rings (SSSR count). The third-order valence-corrected chi connectivity index (χ3v) is 3.31. The van der Waals surface area contributed by atoms with E-state index in [0.717, 1.165) is 9.99 Å². The summed E-state index contributed by atoms with van der Waals surface area (Å²) in [6, 6.07) is 7.60. The summed E-state index contributed by atoms with van der Waals surface area (Å²) >= 11 is 2.22. The van der Waals surface area contributed by atoms with Crippen LogP contribution < -0.4 is 15.8 Å². The van der Waals surface area contributed by atoms with Crippen LogP contribution >= 0.6 is 35.0 Å². The largest absolute Gasteiger partial charge is 0.484 e. The van der Waals surface area contributed by atoms with Crippen LogP contribution in [0.5, 0.6) is 5.75 Å². The molecule has 6 heteroatoms. The van der Waals surface area contributed by atoms with E-state index in [0.29, 0.717) is 18.2 Å². The van der Waals surface area contributed by atoms with Crippen LogP contribution in [0.2, 0.25) is 0 Å². The molecule has 0 heterocycles. The molecule has 0 radical (unpaired) electrons. The summed E-state index contributed by atoms with van der Waals surface area (Å²) < 4.78 is 6.55. The normalized spacial score (nSPS) is 11.7. The zero-order chi connectivity index (χ0) is 14.3. The minimum Gasteiger partial charge on any atom is -0.484 e. The molecule has 3 N–H and O–H groups in total. The van der Waals surface area contributed by atoms with Crippen molar-refractivity contribution >= 4 is 40.9 Å². The van der Waals surface area contributed by atoms with Gasteiger partial charge in [-0.15, -0.1) is 12.4 Å². The molecule has 0 aliphatic heterocycles. The predicted octanol–water partition coefficient (Wildman–Crippen LogP) is 2.58. The Kier molecular flexibility index (Phi) is 9.96. The zero-order valence-electron chi connectivity index (χ0n) is 11.8. The average molecular weight is 413 g/mol. The molecule has 1 aromatic rings. The van der Waals surface area contributed by atoms with Gasteiger partial charge in [0.15, 0.2) is 6.61 Å². The van der Waals surface area contributed by atoms with E-state index in [1.54, 1.807) is 0 Å². The third-order valence-electron chi connectivity index (χ3n) is 2.59. The van der Waals surface area contributed by atoms with E-state index in [2.05, 4.69) is 41.8 Å². The van der Waals surface area contributed by atoms with Crippen LogP contribution in [0.4, 0.5) is 0 Å². The topological polar surface area (TPSA) is 64.3 Å². The molecule has 1 aromatic carbocycles. The van der Waals surface area contributed by atoms with Crippen molar-refractivity contribution in [2.45, 2.75) is 26.3 Å². The van der Waals surface area contributed by atoms with E-state index in [9.17, 15) is 4.79 Å². The van der Waals surface area contributed by atoms with Gasteiger partial charge in [-0.25, -0.2) is 0 Å². The van der Waals surface area contributed by atoms with Crippen LogP contribution in [-0.4, -0.2) is 25.1 Å². The number of hydrogen-bond acceptors (Lipinski definition) is 3. The van der Waals surface area contributed by atoms with Gasteiger partial charge in [-0.2, -0.15) is 0 Å². The lowest BCUT2D eigenvalue weighted by Crippen LogP contribution is -2.43. The predicted molar refractivity (Wildman–Crippen MR) is 92.3 cm³/mol. The first-order chi connectivity index (χ1) is 9.01. The van der Waals surface area contributed by atoms with E-state index >= 15 is 0 Å². The van der Waals surface area contributed by atoms with Gasteiger partial charge in [0, 0.05) is 16.2 Å². The molecule has 0 aromatic heterocycles. The van der Waals surface area contributed by atoms with Gasteiger partial charge < -0.3 is 15.8 Å². The van der Waals surface area contributed by atoms with Crippen LogP contribution in [0.1, 0.15) is 20.3 Å². The quantitative estimate of drug-likeness (QED) is 0.677. The van der Waals surface area contributed by atoms with Crippen LogP contribution in [0, 0.1) is 9.49 Å². The van der Waals surface area contributed by atoms with E-state index in [4.69, 9.17) is 10.5 Å². The van der Waals surface area contributed by atoms with Crippen molar-refractivity contribution in [3.63, 3.8) is 0 Å². The molecule has 0 fully saturated rings. The van der Waals surface area contributed by atoms with Crippen LogP contribution in [0.15, 0.2) is 24.3 Å². The van der Waals surface area contributed by atoms with Crippen LogP contribution in [0.3, 0.4) is 0 Å². The lowest BCUT2D eigenvalue weighted by atomic mass is 10.0. The van der Waals surface area contributed by atoms with Crippen LogP contribution in [0.25, 0.3) is 0 Å².